The van der Waals surface area contributed by atoms with Crippen LogP contribution in [0.15, 0.2) is 0 Å². The highest BCUT2D eigenvalue weighted by molar-refractivity contribution is 5.91. The lowest BCUT2D eigenvalue weighted by molar-refractivity contribution is -0.154. The lowest BCUT2D eigenvalue weighted by Crippen LogP contribution is -2.53. The zero-order chi connectivity index (χ0) is 17.0. The van der Waals surface area contributed by atoms with Crippen molar-refractivity contribution in [1.29, 1.82) is 0 Å². The number of aliphatic hydroxyl groups is 1. The van der Waals surface area contributed by atoms with Crippen LogP contribution in [0.4, 0.5) is 0 Å². The smallest absolute Gasteiger partial charge is 0.326 e. The summed E-state index contributed by atoms with van der Waals surface area (Å²) in [6.07, 6.45) is 0.360. The second-order valence-electron chi connectivity index (χ2n) is 6.30. The molecule has 1 rings (SSSR count). The molecule has 2 N–H and O–H groups in total. The van der Waals surface area contributed by atoms with Crippen LogP contribution in [0, 0.1) is 5.92 Å². The van der Waals surface area contributed by atoms with E-state index >= 15 is 0 Å². The number of amides is 2. The summed E-state index contributed by atoms with van der Waals surface area (Å²) < 4.78 is 0. The predicted octanol–water partition coefficient (Wildman–Crippen LogP) is 0.316. The van der Waals surface area contributed by atoms with E-state index in [0.717, 1.165) is 0 Å². The first-order valence-corrected chi connectivity index (χ1v) is 7.64. The molecule has 0 bridgehead atoms. The van der Waals surface area contributed by atoms with Gasteiger partial charge in [-0.2, -0.15) is 0 Å². The van der Waals surface area contributed by atoms with E-state index < -0.39 is 30.1 Å². The molecule has 126 valence electrons. The molecule has 3 atom stereocenters. The molecule has 1 saturated heterocycles. The average Bonchev–Trinajstić information content (AvgIpc) is 2.90. The van der Waals surface area contributed by atoms with E-state index in [2.05, 4.69) is 0 Å². The van der Waals surface area contributed by atoms with E-state index in [4.69, 9.17) is 0 Å². The van der Waals surface area contributed by atoms with Gasteiger partial charge in [-0.05, 0) is 32.1 Å². The molecular formula is C15H26N2O5. The van der Waals surface area contributed by atoms with Crippen molar-refractivity contribution < 1.29 is 24.6 Å². The molecule has 0 aromatic carbocycles. The number of carbonyl (C=O) groups is 3. The summed E-state index contributed by atoms with van der Waals surface area (Å²) in [5, 5.41) is 18.8. The molecule has 0 saturated carbocycles. The van der Waals surface area contributed by atoms with Gasteiger partial charge in [0.1, 0.15) is 18.2 Å². The summed E-state index contributed by atoms with van der Waals surface area (Å²) in [5.41, 5.74) is 0. The molecule has 22 heavy (non-hydrogen) atoms. The van der Waals surface area contributed by atoms with E-state index in [0.29, 0.717) is 25.8 Å². The largest absolute Gasteiger partial charge is 0.480 e. The van der Waals surface area contributed by atoms with Crippen LogP contribution in [0.5, 0.6) is 0 Å². The molecule has 1 heterocycles. The first kappa shape index (κ1) is 18.4. The number of carbonyl (C=O) groups excluding carboxylic acids is 2. The van der Waals surface area contributed by atoms with E-state index in [9.17, 15) is 24.6 Å². The summed E-state index contributed by atoms with van der Waals surface area (Å²) in [7, 11) is 1.47. The molecule has 1 aliphatic rings. The molecule has 7 nitrogen and oxygen atoms in total. The fourth-order valence-electron chi connectivity index (χ4n) is 2.79. The van der Waals surface area contributed by atoms with Gasteiger partial charge in [0.05, 0.1) is 0 Å². The number of hydrogen-bond donors (Lipinski definition) is 2. The number of nitrogens with zero attached hydrogens (tertiary/aromatic N) is 2. The van der Waals surface area contributed by atoms with Gasteiger partial charge in [0.15, 0.2) is 0 Å². The van der Waals surface area contributed by atoms with Crippen molar-refractivity contribution in [3.8, 4) is 0 Å². The van der Waals surface area contributed by atoms with Gasteiger partial charge in [-0.15, -0.1) is 0 Å². The van der Waals surface area contributed by atoms with E-state index in [1.54, 1.807) is 0 Å². The highest BCUT2D eigenvalue weighted by Gasteiger charge is 2.39. The van der Waals surface area contributed by atoms with Gasteiger partial charge in [-0.25, -0.2) is 4.79 Å². The normalized spacial score (nSPS) is 20.8. The topological polar surface area (TPSA) is 98.2 Å². The molecule has 0 aromatic heterocycles. The van der Waals surface area contributed by atoms with Gasteiger partial charge in [0, 0.05) is 13.6 Å². The maximum Gasteiger partial charge on any atom is 0.326 e. The molecule has 0 aliphatic carbocycles. The second-order valence-corrected chi connectivity index (χ2v) is 6.30. The second kappa shape index (κ2) is 7.58. The van der Waals surface area contributed by atoms with Gasteiger partial charge >= 0.3 is 5.97 Å². The predicted molar refractivity (Wildman–Crippen MR) is 80.1 cm³/mol. The van der Waals surface area contributed by atoms with Crippen molar-refractivity contribution in [3.63, 3.8) is 0 Å². The Balaban J connectivity index is 2.88. The average molecular weight is 314 g/mol. The molecule has 0 spiro atoms. The lowest BCUT2D eigenvalue weighted by Gasteiger charge is -2.32. The highest BCUT2D eigenvalue weighted by atomic mass is 16.4. The molecule has 1 aliphatic heterocycles. The van der Waals surface area contributed by atoms with E-state index in [1.807, 2.05) is 13.8 Å². The third kappa shape index (κ3) is 4.19. The van der Waals surface area contributed by atoms with E-state index in [1.165, 1.54) is 23.8 Å². The number of aliphatic hydroxyl groups excluding tert-OH is 1. The Hall–Kier alpha value is -1.63. The molecule has 7 heteroatoms. The van der Waals surface area contributed by atoms with Gasteiger partial charge < -0.3 is 20.0 Å². The Kier molecular flexibility index (Phi) is 6.34. The Morgan fingerprint density at radius 2 is 1.86 bits per heavy atom. The fraction of sp³-hybridized carbons (Fsp3) is 0.800. The third-order valence-electron chi connectivity index (χ3n) is 3.97. The number of rotatable bonds is 6. The maximum atomic E-state index is 12.6. The Bertz CT molecular complexity index is 436. The Morgan fingerprint density at radius 3 is 2.32 bits per heavy atom. The third-order valence-corrected chi connectivity index (χ3v) is 3.97. The first-order valence-electron chi connectivity index (χ1n) is 7.64. The SMILES string of the molecule is CC(C)C[C@H](C(=O)O)N(C)C(=O)[C@@H]1CCCN1C(=O)[C@H](C)O. The van der Waals surface area contributed by atoms with E-state index in [-0.39, 0.29) is 11.8 Å². The molecule has 2 amide bonds. The van der Waals surface area contributed by atoms with Crippen LogP contribution in [0.25, 0.3) is 0 Å². The van der Waals surface area contributed by atoms with Crippen LogP contribution < -0.4 is 0 Å². The van der Waals surface area contributed by atoms with Crippen molar-refractivity contribution in [2.45, 2.75) is 58.2 Å². The quantitative estimate of drug-likeness (QED) is 0.735. The summed E-state index contributed by atoms with van der Waals surface area (Å²) in [6, 6.07) is -1.59. The van der Waals surface area contributed by atoms with Crippen molar-refractivity contribution in [1.82, 2.24) is 9.80 Å². The van der Waals surface area contributed by atoms with Gasteiger partial charge in [-0.3, -0.25) is 9.59 Å². The monoisotopic (exact) mass is 314 g/mol. The van der Waals surface area contributed by atoms with Crippen LogP contribution in [-0.2, 0) is 14.4 Å². The zero-order valence-corrected chi connectivity index (χ0v) is 13.7. The fourth-order valence-corrected chi connectivity index (χ4v) is 2.79. The number of carboxylic acids is 1. The summed E-state index contributed by atoms with van der Waals surface area (Å²) in [4.78, 5) is 38.5. The number of likely N-dealkylation sites (tertiary alicyclic amines) is 1. The van der Waals surface area contributed by atoms with Crippen LogP contribution >= 0.6 is 0 Å². The summed E-state index contributed by atoms with van der Waals surface area (Å²) >= 11 is 0. The number of aliphatic carboxylic acids is 1. The molecule has 0 unspecified atom stereocenters. The molecular weight excluding hydrogens is 288 g/mol. The van der Waals surface area contributed by atoms with Crippen LogP contribution in [0.1, 0.15) is 40.0 Å². The number of carboxylic acid groups (broad SMARTS) is 1. The van der Waals surface area contributed by atoms with Crippen LogP contribution in [0.3, 0.4) is 0 Å². The minimum atomic E-state index is -1.16. The molecule has 1 fully saturated rings. The van der Waals surface area contributed by atoms with Crippen molar-refractivity contribution >= 4 is 17.8 Å². The minimum Gasteiger partial charge on any atom is -0.480 e. The minimum absolute atomic E-state index is 0.134. The highest BCUT2D eigenvalue weighted by Crippen LogP contribution is 2.22. The Labute approximate surface area is 130 Å². The number of likely N-dealkylation sites (N-methyl/N-ethyl adjacent to an activating group) is 1. The summed E-state index contributed by atoms with van der Waals surface area (Å²) in [5.74, 6) is -1.77. The van der Waals surface area contributed by atoms with Crippen molar-refractivity contribution in [2.24, 2.45) is 5.92 Å². The van der Waals surface area contributed by atoms with Gasteiger partial charge in [-0.1, -0.05) is 13.8 Å². The lowest BCUT2D eigenvalue weighted by atomic mass is 10.0. The van der Waals surface area contributed by atoms with Crippen LogP contribution in [-0.4, -0.2) is 69.6 Å². The number of hydrogen-bond acceptors (Lipinski definition) is 4. The molecule has 0 radical (unpaired) electrons. The maximum absolute atomic E-state index is 12.6. The molecule has 0 aromatic rings. The van der Waals surface area contributed by atoms with Gasteiger partial charge in [0.25, 0.3) is 5.91 Å². The Morgan fingerprint density at radius 1 is 1.27 bits per heavy atom. The zero-order valence-electron chi connectivity index (χ0n) is 13.7. The standard InChI is InChI=1S/C15H26N2O5/c1-9(2)8-12(15(21)22)16(4)14(20)11-6-5-7-17(11)13(19)10(3)18/h9-12,18H,5-8H2,1-4H3,(H,21,22)/t10-,11-,12+/m0/s1. The van der Waals surface area contributed by atoms with Crippen molar-refractivity contribution in [3.05, 3.63) is 0 Å². The summed E-state index contributed by atoms with van der Waals surface area (Å²) in [6.45, 7) is 5.57. The van der Waals surface area contributed by atoms with Crippen molar-refractivity contribution in [2.75, 3.05) is 13.6 Å². The van der Waals surface area contributed by atoms with Crippen LogP contribution in [0.2, 0.25) is 0 Å². The first-order chi connectivity index (χ1) is 10.2. The van der Waals surface area contributed by atoms with Gasteiger partial charge in [0.2, 0.25) is 5.91 Å².